The van der Waals surface area contributed by atoms with Crippen LogP contribution in [-0.4, -0.2) is 55.5 Å². The van der Waals surface area contributed by atoms with Gasteiger partial charge in [-0.15, -0.1) is 0 Å². The highest BCUT2D eigenvalue weighted by Crippen LogP contribution is 2.18. The Hall–Kier alpha value is -1.79. The maximum absolute atomic E-state index is 12.4. The van der Waals surface area contributed by atoms with Crippen LogP contribution in [-0.2, 0) is 9.59 Å². The Morgan fingerprint density at radius 2 is 2.04 bits per heavy atom. The molecule has 2 unspecified atom stereocenters. The van der Waals surface area contributed by atoms with Crippen molar-refractivity contribution in [3.8, 4) is 5.75 Å². The molecule has 3 rings (SSSR count). The first kappa shape index (κ1) is 19.0. The van der Waals surface area contributed by atoms with Crippen LogP contribution in [0.2, 0.25) is 5.02 Å². The fourth-order valence-electron chi connectivity index (χ4n) is 3.50. The van der Waals surface area contributed by atoms with Gasteiger partial charge in [-0.05, 0) is 62.4 Å². The van der Waals surface area contributed by atoms with Crippen molar-refractivity contribution >= 4 is 23.4 Å². The highest BCUT2D eigenvalue weighted by Gasteiger charge is 2.26. The Labute approximate surface area is 159 Å². The quantitative estimate of drug-likeness (QED) is 0.791. The van der Waals surface area contributed by atoms with Crippen molar-refractivity contribution in [2.45, 2.75) is 31.7 Å². The molecule has 2 amide bonds. The van der Waals surface area contributed by atoms with Gasteiger partial charge in [0.2, 0.25) is 5.91 Å². The number of piperidine rings is 1. The van der Waals surface area contributed by atoms with Gasteiger partial charge in [0, 0.05) is 24.7 Å². The number of hydrogen-bond acceptors (Lipinski definition) is 4. The molecule has 0 bridgehead atoms. The molecular formula is C19H26ClN3O3. The lowest BCUT2D eigenvalue weighted by atomic mass is 9.97. The minimum Gasteiger partial charge on any atom is -0.484 e. The summed E-state index contributed by atoms with van der Waals surface area (Å²) >= 11 is 5.84. The second kappa shape index (κ2) is 9.24. The summed E-state index contributed by atoms with van der Waals surface area (Å²) in [5.41, 5.74) is 0. The predicted octanol–water partition coefficient (Wildman–Crippen LogP) is 1.83. The van der Waals surface area contributed by atoms with E-state index in [4.69, 9.17) is 16.3 Å². The van der Waals surface area contributed by atoms with E-state index in [-0.39, 0.29) is 24.5 Å². The largest absolute Gasteiger partial charge is 0.484 e. The van der Waals surface area contributed by atoms with Crippen LogP contribution in [0.5, 0.6) is 5.75 Å². The van der Waals surface area contributed by atoms with Crippen molar-refractivity contribution in [1.29, 1.82) is 0 Å². The highest BCUT2D eigenvalue weighted by molar-refractivity contribution is 6.30. The van der Waals surface area contributed by atoms with E-state index >= 15 is 0 Å². The number of nitrogens with one attached hydrogen (secondary N) is 2. The van der Waals surface area contributed by atoms with Crippen LogP contribution in [0.1, 0.15) is 25.7 Å². The molecule has 2 fully saturated rings. The minimum atomic E-state index is -0.0518. The second-order valence-electron chi connectivity index (χ2n) is 6.98. The molecule has 2 saturated heterocycles. The maximum atomic E-state index is 12.4. The molecule has 2 aliphatic heterocycles. The van der Waals surface area contributed by atoms with E-state index in [1.807, 2.05) is 4.90 Å². The van der Waals surface area contributed by atoms with Crippen LogP contribution in [0.15, 0.2) is 24.3 Å². The Bertz CT molecular complexity index is 617. The molecule has 26 heavy (non-hydrogen) atoms. The summed E-state index contributed by atoms with van der Waals surface area (Å²) in [7, 11) is 0. The number of likely N-dealkylation sites (tertiary alicyclic amines) is 1. The number of carbonyl (C=O) groups excluding carboxylic acids is 2. The van der Waals surface area contributed by atoms with E-state index in [9.17, 15) is 9.59 Å². The number of nitrogens with zero attached hydrogens (tertiary/aromatic N) is 1. The third-order valence-corrected chi connectivity index (χ3v) is 5.24. The molecule has 2 atom stereocenters. The second-order valence-corrected chi connectivity index (χ2v) is 7.42. The van der Waals surface area contributed by atoms with Crippen LogP contribution in [0.4, 0.5) is 0 Å². The molecule has 1 aromatic carbocycles. The molecule has 0 aliphatic carbocycles. The van der Waals surface area contributed by atoms with E-state index in [1.165, 1.54) is 0 Å². The number of ether oxygens (including phenoxy) is 1. The molecule has 2 N–H and O–H groups in total. The lowest BCUT2D eigenvalue weighted by Crippen LogP contribution is -2.47. The van der Waals surface area contributed by atoms with Gasteiger partial charge in [-0.2, -0.15) is 0 Å². The molecule has 142 valence electrons. The van der Waals surface area contributed by atoms with Crippen LogP contribution in [0.25, 0.3) is 0 Å². The monoisotopic (exact) mass is 379 g/mol. The van der Waals surface area contributed by atoms with E-state index in [0.29, 0.717) is 29.8 Å². The average Bonchev–Trinajstić information content (AvgIpc) is 3.20. The summed E-state index contributed by atoms with van der Waals surface area (Å²) in [6.07, 6.45) is 3.94. The Morgan fingerprint density at radius 1 is 1.23 bits per heavy atom. The summed E-state index contributed by atoms with van der Waals surface area (Å²) in [5.74, 6) is 0.992. The maximum Gasteiger partial charge on any atom is 0.260 e. The van der Waals surface area contributed by atoms with Crippen LogP contribution < -0.4 is 15.4 Å². The van der Waals surface area contributed by atoms with Crippen molar-refractivity contribution in [1.82, 2.24) is 15.5 Å². The third-order valence-electron chi connectivity index (χ3n) is 4.99. The average molecular weight is 380 g/mol. The van der Waals surface area contributed by atoms with Gasteiger partial charge >= 0.3 is 0 Å². The smallest absolute Gasteiger partial charge is 0.260 e. The number of amides is 2. The van der Waals surface area contributed by atoms with Crippen LogP contribution in [0, 0.1) is 5.92 Å². The molecule has 2 aliphatic rings. The van der Waals surface area contributed by atoms with E-state index in [0.717, 1.165) is 38.8 Å². The van der Waals surface area contributed by atoms with Gasteiger partial charge < -0.3 is 20.3 Å². The highest BCUT2D eigenvalue weighted by atomic mass is 35.5. The van der Waals surface area contributed by atoms with Gasteiger partial charge in [0.25, 0.3) is 5.91 Å². The Morgan fingerprint density at radius 3 is 2.77 bits per heavy atom. The van der Waals surface area contributed by atoms with E-state index in [2.05, 4.69) is 10.6 Å². The molecule has 0 saturated carbocycles. The summed E-state index contributed by atoms with van der Waals surface area (Å²) in [5, 5.41) is 6.88. The number of carbonyl (C=O) groups is 2. The standard InChI is InChI=1S/C19H26ClN3O3/c20-15-5-7-16(8-6-15)26-13-18(24)23-10-2-3-14(12-23)11-22-19(25)17-4-1-9-21-17/h5-8,14,17,21H,1-4,9-13H2,(H,22,25). The Balaban J connectivity index is 1.41. The molecule has 0 radical (unpaired) electrons. The summed E-state index contributed by atoms with van der Waals surface area (Å²) in [6, 6.07) is 6.92. The molecule has 0 aromatic heterocycles. The molecule has 7 heteroatoms. The van der Waals surface area contributed by atoms with Gasteiger partial charge in [-0.25, -0.2) is 0 Å². The van der Waals surface area contributed by atoms with Crippen molar-refractivity contribution in [2.75, 3.05) is 32.8 Å². The first-order valence-electron chi connectivity index (χ1n) is 9.29. The summed E-state index contributed by atoms with van der Waals surface area (Å²) < 4.78 is 5.55. The first-order valence-corrected chi connectivity index (χ1v) is 9.67. The van der Waals surface area contributed by atoms with Gasteiger partial charge in [-0.3, -0.25) is 9.59 Å². The SMILES string of the molecule is O=C(NCC1CCCN(C(=O)COc2ccc(Cl)cc2)C1)C1CCCN1. The zero-order chi connectivity index (χ0) is 18.4. The zero-order valence-corrected chi connectivity index (χ0v) is 15.6. The Kier molecular flexibility index (Phi) is 6.74. The topological polar surface area (TPSA) is 70.7 Å². The predicted molar refractivity (Wildman–Crippen MR) is 100 cm³/mol. The van der Waals surface area contributed by atoms with Crippen molar-refractivity contribution < 1.29 is 14.3 Å². The van der Waals surface area contributed by atoms with Crippen molar-refractivity contribution in [3.63, 3.8) is 0 Å². The molecular weight excluding hydrogens is 354 g/mol. The minimum absolute atomic E-state index is 0.0200. The normalized spacial score (nSPS) is 22.9. The lowest BCUT2D eigenvalue weighted by Gasteiger charge is -2.33. The van der Waals surface area contributed by atoms with Gasteiger partial charge in [-0.1, -0.05) is 11.6 Å². The number of benzene rings is 1. The van der Waals surface area contributed by atoms with Crippen molar-refractivity contribution in [3.05, 3.63) is 29.3 Å². The first-order chi connectivity index (χ1) is 12.6. The lowest BCUT2D eigenvalue weighted by molar-refractivity contribution is -0.135. The van der Waals surface area contributed by atoms with Gasteiger partial charge in [0.1, 0.15) is 5.75 Å². The number of rotatable bonds is 6. The summed E-state index contributed by atoms with van der Waals surface area (Å²) in [4.78, 5) is 26.3. The fourth-order valence-corrected chi connectivity index (χ4v) is 3.63. The van der Waals surface area contributed by atoms with Gasteiger partial charge in [0.15, 0.2) is 6.61 Å². The van der Waals surface area contributed by atoms with Crippen LogP contribution >= 0.6 is 11.6 Å². The summed E-state index contributed by atoms with van der Waals surface area (Å²) in [6.45, 7) is 2.97. The molecule has 2 heterocycles. The zero-order valence-electron chi connectivity index (χ0n) is 14.9. The number of hydrogen-bond donors (Lipinski definition) is 2. The molecule has 1 aromatic rings. The van der Waals surface area contributed by atoms with Gasteiger partial charge in [0.05, 0.1) is 6.04 Å². The number of halogens is 1. The third kappa shape index (κ3) is 5.35. The van der Waals surface area contributed by atoms with E-state index in [1.54, 1.807) is 24.3 Å². The van der Waals surface area contributed by atoms with Crippen molar-refractivity contribution in [2.24, 2.45) is 5.92 Å². The molecule has 6 nitrogen and oxygen atoms in total. The van der Waals surface area contributed by atoms with Crippen LogP contribution in [0.3, 0.4) is 0 Å². The molecule has 0 spiro atoms. The fraction of sp³-hybridized carbons (Fsp3) is 0.579. The van der Waals surface area contributed by atoms with E-state index < -0.39 is 0 Å².